The molecule has 13 aromatic rings. The summed E-state index contributed by atoms with van der Waals surface area (Å²) in [4.78, 5) is 0. The van der Waals surface area contributed by atoms with Gasteiger partial charge >= 0.3 is 0 Å². The average molecular weight is 911 g/mol. The summed E-state index contributed by atoms with van der Waals surface area (Å²) in [5, 5.41) is 16.1. The summed E-state index contributed by atoms with van der Waals surface area (Å²) in [6, 6.07) is 78.1. The standard InChI is InChI=1S/C69H44O2/c1-41-35-36-63-68(71-66-34-18-15-31-62(66)69(63)60-29-13-16-32-64(60)70-65-33-17-14-30-61(65)69)67(41)53-38-55-51-27-11-12-28-52(51)59-40-57-48-24-8-6-22-46(48)44-20-4-3-19-43(44)45-21-5-7-23-47(45)56(57)39-58(59)50-26-10-9-25-49(50)54(55)37-42(53)2/h3-40H,1-2H3/i1D3,2D3. The minimum absolute atomic E-state index is 0.00916. The molecule has 0 N–H and O–H groups in total. The maximum atomic E-state index is 9.45. The molecule has 0 aromatic heterocycles. The Bertz CT molecular complexity index is 4740. The zero-order valence-corrected chi connectivity index (χ0v) is 38.3. The first-order chi connectivity index (χ1) is 37.5. The van der Waals surface area contributed by atoms with Crippen molar-refractivity contribution in [2.45, 2.75) is 19.1 Å². The molecule has 2 nitrogen and oxygen atoms in total. The van der Waals surface area contributed by atoms with Gasteiger partial charge in [-0.05, 0) is 153 Å². The lowest BCUT2D eigenvalue weighted by molar-refractivity contribution is 0.400. The Labute approximate surface area is 419 Å². The molecule has 13 aromatic carbocycles. The lowest BCUT2D eigenvalue weighted by atomic mass is 9.62. The van der Waals surface area contributed by atoms with Crippen LogP contribution < -0.4 is 9.47 Å². The van der Waals surface area contributed by atoms with Gasteiger partial charge in [-0.2, -0.15) is 0 Å². The van der Waals surface area contributed by atoms with Gasteiger partial charge < -0.3 is 9.47 Å². The Hall–Kier alpha value is -8.98. The lowest BCUT2D eigenvalue weighted by Gasteiger charge is -2.45. The van der Waals surface area contributed by atoms with Crippen LogP contribution in [0.25, 0.3) is 97.3 Å². The van der Waals surface area contributed by atoms with Crippen LogP contribution in [-0.4, -0.2) is 0 Å². The largest absolute Gasteiger partial charge is 0.457 e. The molecule has 1 spiro atoms. The van der Waals surface area contributed by atoms with Gasteiger partial charge in [-0.3, -0.25) is 0 Å². The van der Waals surface area contributed by atoms with Crippen LogP contribution in [0.1, 0.15) is 41.6 Å². The summed E-state index contributed by atoms with van der Waals surface area (Å²) in [5.74, 6) is 2.11. The number of hydrogen-bond acceptors (Lipinski definition) is 2. The van der Waals surface area contributed by atoms with Crippen molar-refractivity contribution in [1.82, 2.24) is 0 Å². The van der Waals surface area contributed by atoms with Crippen LogP contribution in [0.15, 0.2) is 231 Å². The number of hydrogen-bond donors (Lipinski definition) is 0. The van der Waals surface area contributed by atoms with E-state index in [9.17, 15) is 8.22 Å². The highest BCUT2D eigenvalue weighted by Crippen LogP contribution is 2.63. The first-order valence-corrected chi connectivity index (χ1v) is 24.2. The predicted octanol–water partition coefficient (Wildman–Crippen LogP) is 18.9. The monoisotopic (exact) mass is 910 g/mol. The number of aryl methyl sites for hydroxylation is 2. The van der Waals surface area contributed by atoms with Crippen molar-refractivity contribution in [2.75, 3.05) is 0 Å². The Morgan fingerprint density at radius 3 is 1.00 bits per heavy atom. The summed E-state index contributed by atoms with van der Waals surface area (Å²) in [6.07, 6.45) is 0. The van der Waals surface area contributed by atoms with Gasteiger partial charge in [-0.1, -0.05) is 194 Å². The number of fused-ring (bicyclic) bond motifs is 24. The lowest BCUT2D eigenvalue weighted by Crippen LogP contribution is -2.37. The fraction of sp³-hybridized carbons (Fsp3) is 0.0435. The normalized spacial score (nSPS) is 14.9. The number of rotatable bonds is 1. The van der Waals surface area contributed by atoms with Gasteiger partial charge in [0, 0.05) is 36.0 Å². The number of benzene rings is 11. The molecule has 0 radical (unpaired) electrons. The van der Waals surface area contributed by atoms with E-state index in [-0.39, 0.29) is 28.0 Å². The molecule has 0 aliphatic carbocycles. The first-order valence-electron chi connectivity index (χ1n) is 27.2. The smallest absolute Gasteiger partial charge is 0.140 e. The van der Waals surface area contributed by atoms with E-state index in [0.717, 1.165) is 103 Å². The summed E-state index contributed by atoms with van der Waals surface area (Å²) in [5.41, 5.74) is 2.62. The van der Waals surface area contributed by atoms with Crippen LogP contribution >= 0.6 is 0 Å². The van der Waals surface area contributed by atoms with E-state index in [1.165, 1.54) is 0 Å². The molecule has 71 heavy (non-hydrogen) atoms. The van der Waals surface area contributed by atoms with E-state index < -0.39 is 19.1 Å². The zero-order valence-electron chi connectivity index (χ0n) is 44.3. The number of para-hydroxylation sites is 3. The molecule has 0 saturated carbocycles. The summed E-state index contributed by atoms with van der Waals surface area (Å²) in [6.45, 7) is -5.42. The molecule has 2 heterocycles. The third kappa shape index (κ3) is 5.53. The van der Waals surface area contributed by atoms with Crippen LogP contribution in [0.5, 0.6) is 23.0 Å². The minimum Gasteiger partial charge on any atom is -0.457 e. The van der Waals surface area contributed by atoms with Gasteiger partial charge in [-0.15, -0.1) is 0 Å². The van der Waals surface area contributed by atoms with Crippen LogP contribution in [0.3, 0.4) is 0 Å². The third-order valence-electron chi connectivity index (χ3n) is 15.4. The summed E-state index contributed by atoms with van der Waals surface area (Å²) in [7, 11) is 0. The van der Waals surface area contributed by atoms with E-state index in [1.807, 2.05) is 84.9 Å². The van der Waals surface area contributed by atoms with Crippen molar-refractivity contribution in [3.63, 3.8) is 0 Å². The maximum Gasteiger partial charge on any atom is 0.140 e. The average Bonchev–Trinajstić information content (AvgIpc) is 3.64. The fourth-order valence-electron chi connectivity index (χ4n) is 12.5. The SMILES string of the molecule is [2H]C([2H])([2H])c1cc2c3ccccc3c3cc4c5ccccc5c5ccccc5c5ccccc5c4cc3c3ccccc3c2cc1-c1c(C([2H])([2H])[2H])ccc2c1Oc1ccccc1C21c2ccccc2Oc2ccccc21. The van der Waals surface area contributed by atoms with Gasteiger partial charge in [-0.25, -0.2) is 0 Å². The maximum absolute atomic E-state index is 9.45. The van der Waals surface area contributed by atoms with Gasteiger partial charge in [0.15, 0.2) is 0 Å². The second-order valence-corrected chi connectivity index (χ2v) is 18.9. The highest BCUT2D eigenvalue weighted by Gasteiger charge is 2.51. The predicted molar refractivity (Wildman–Crippen MR) is 297 cm³/mol. The van der Waals surface area contributed by atoms with Crippen LogP contribution in [-0.2, 0) is 5.41 Å². The number of ether oxygens (including phenoxy) is 2. The second-order valence-electron chi connectivity index (χ2n) is 18.9. The molecule has 0 atom stereocenters. The van der Waals surface area contributed by atoms with Crippen molar-refractivity contribution >= 4 is 86.2 Å². The van der Waals surface area contributed by atoms with Gasteiger partial charge in [0.2, 0.25) is 0 Å². The van der Waals surface area contributed by atoms with Crippen molar-refractivity contribution in [3.8, 4) is 34.1 Å². The minimum atomic E-state index is -2.72. The molecule has 0 fully saturated rings. The summed E-state index contributed by atoms with van der Waals surface area (Å²) >= 11 is 0. The topological polar surface area (TPSA) is 18.5 Å². The van der Waals surface area contributed by atoms with Crippen molar-refractivity contribution in [2.24, 2.45) is 0 Å². The van der Waals surface area contributed by atoms with Gasteiger partial charge in [0.1, 0.15) is 23.0 Å². The molecular weight excluding hydrogens is 861 g/mol. The Morgan fingerprint density at radius 1 is 0.282 bits per heavy atom. The van der Waals surface area contributed by atoms with E-state index in [1.54, 1.807) is 12.1 Å². The molecule has 0 bridgehead atoms. The molecule has 15 rings (SSSR count). The van der Waals surface area contributed by atoms with Gasteiger partial charge in [0.25, 0.3) is 0 Å². The molecule has 0 unspecified atom stereocenters. The van der Waals surface area contributed by atoms with E-state index >= 15 is 0 Å². The highest BCUT2D eigenvalue weighted by molar-refractivity contribution is 6.32. The molecule has 2 aliphatic rings. The fourth-order valence-corrected chi connectivity index (χ4v) is 12.5. The molecule has 0 saturated heterocycles. The summed E-state index contributed by atoms with van der Waals surface area (Å²) < 4.78 is 69.8. The van der Waals surface area contributed by atoms with Crippen LogP contribution in [0.2, 0.25) is 0 Å². The Kier molecular flexibility index (Phi) is 7.26. The second kappa shape index (κ2) is 15.0. The zero-order chi connectivity index (χ0) is 52.0. The van der Waals surface area contributed by atoms with Crippen molar-refractivity contribution in [1.29, 1.82) is 0 Å². The quantitative estimate of drug-likeness (QED) is 0.163. The Morgan fingerprint density at radius 2 is 0.606 bits per heavy atom. The Balaban J connectivity index is 1.14. The first kappa shape index (κ1) is 34.3. The molecule has 2 aliphatic heterocycles. The van der Waals surface area contributed by atoms with E-state index in [0.29, 0.717) is 22.8 Å². The molecule has 0 amide bonds. The van der Waals surface area contributed by atoms with Gasteiger partial charge in [0.05, 0.1) is 5.41 Å². The van der Waals surface area contributed by atoms with Crippen LogP contribution in [0, 0.1) is 13.7 Å². The van der Waals surface area contributed by atoms with E-state index in [2.05, 4.69) is 133 Å². The third-order valence-corrected chi connectivity index (χ3v) is 15.4. The molecule has 332 valence electrons. The highest BCUT2D eigenvalue weighted by atomic mass is 16.5. The van der Waals surface area contributed by atoms with Crippen LogP contribution in [0.4, 0.5) is 0 Å². The van der Waals surface area contributed by atoms with E-state index in [4.69, 9.17) is 9.47 Å². The molecular formula is C69H44O2. The molecule has 2 heteroatoms. The van der Waals surface area contributed by atoms with Crippen molar-refractivity contribution in [3.05, 3.63) is 264 Å². The van der Waals surface area contributed by atoms with Crippen molar-refractivity contribution < 1.29 is 17.7 Å².